The van der Waals surface area contributed by atoms with E-state index in [-0.39, 0.29) is 0 Å². The van der Waals surface area contributed by atoms with Crippen molar-refractivity contribution in [3.8, 4) is 0 Å². The van der Waals surface area contributed by atoms with Gasteiger partial charge in [-0.3, -0.25) is 4.79 Å². The van der Waals surface area contributed by atoms with Crippen LogP contribution in [-0.4, -0.2) is 18.0 Å². The number of amides is 1. The molecule has 1 aromatic rings. The number of carbonyl (C=O) groups is 2. The molecule has 0 unspecified atom stereocenters. The summed E-state index contributed by atoms with van der Waals surface area (Å²) >= 11 is 1.35. The maximum absolute atomic E-state index is 11.3. The van der Waals surface area contributed by atoms with Gasteiger partial charge in [0, 0.05) is 4.88 Å². The number of hydrogen-bond acceptors (Lipinski definition) is 4. The molecule has 0 spiro atoms. The quantitative estimate of drug-likeness (QED) is 0.827. The predicted octanol–water partition coefficient (Wildman–Crippen LogP) is 2.59. The molecule has 1 amide bonds. The van der Waals surface area contributed by atoms with Crippen LogP contribution in [0.25, 0.3) is 0 Å². The van der Waals surface area contributed by atoms with Crippen molar-refractivity contribution in [1.29, 1.82) is 0 Å². The molecule has 0 aromatic carbocycles. The van der Waals surface area contributed by atoms with Crippen molar-refractivity contribution in [1.82, 2.24) is 5.32 Å². The van der Waals surface area contributed by atoms with Crippen LogP contribution < -0.4 is 5.32 Å². The highest BCUT2D eigenvalue weighted by Crippen LogP contribution is 2.14. The normalized spacial score (nSPS) is 10.9. The molecule has 88 valence electrons. The Bertz CT molecular complexity index is 379. The van der Waals surface area contributed by atoms with E-state index in [9.17, 15) is 9.59 Å². The minimum Gasteiger partial charge on any atom is -0.444 e. The highest BCUT2D eigenvalue weighted by Gasteiger charge is 2.15. The van der Waals surface area contributed by atoms with Crippen molar-refractivity contribution >= 4 is 23.7 Å². The minimum atomic E-state index is -0.493. The number of ether oxygens (including phenoxy) is 1. The Morgan fingerprint density at radius 1 is 1.50 bits per heavy atom. The largest absolute Gasteiger partial charge is 0.444 e. The summed E-state index contributed by atoms with van der Waals surface area (Å²) in [7, 11) is 0. The molecule has 0 radical (unpaired) electrons. The maximum Gasteiger partial charge on any atom is 0.407 e. The van der Waals surface area contributed by atoms with Crippen LogP contribution in [0.4, 0.5) is 4.79 Å². The van der Waals surface area contributed by atoms with E-state index in [0.717, 1.165) is 11.2 Å². The molecular formula is C11H15NO3S. The second-order valence-corrected chi connectivity index (χ2v) is 5.48. The molecule has 0 atom stereocenters. The average molecular weight is 241 g/mol. The van der Waals surface area contributed by atoms with Crippen molar-refractivity contribution in [2.24, 2.45) is 0 Å². The molecule has 1 aromatic heterocycles. The molecule has 16 heavy (non-hydrogen) atoms. The third-order valence-electron chi connectivity index (χ3n) is 1.60. The van der Waals surface area contributed by atoms with Crippen LogP contribution in [0, 0.1) is 0 Å². The Morgan fingerprint density at radius 2 is 2.19 bits per heavy atom. The fraction of sp³-hybridized carbons (Fsp3) is 0.455. The van der Waals surface area contributed by atoms with Gasteiger partial charge in [0.15, 0.2) is 6.29 Å². The number of hydrogen-bond donors (Lipinski definition) is 1. The molecule has 0 bridgehead atoms. The second-order valence-electron chi connectivity index (χ2n) is 4.28. The van der Waals surface area contributed by atoms with Crippen molar-refractivity contribution in [2.45, 2.75) is 32.9 Å². The van der Waals surface area contributed by atoms with E-state index >= 15 is 0 Å². The molecule has 1 heterocycles. The summed E-state index contributed by atoms with van der Waals surface area (Å²) in [5.74, 6) is 0. The first kappa shape index (κ1) is 12.7. The van der Waals surface area contributed by atoms with Gasteiger partial charge in [-0.1, -0.05) is 0 Å². The smallest absolute Gasteiger partial charge is 0.407 e. The SMILES string of the molecule is CC(C)(C)OC(=O)NCc1ccc(C=O)s1. The van der Waals surface area contributed by atoms with Crippen LogP contribution in [0.2, 0.25) is 0 Å². The zero-order chi connectivity index (χ0) is 12.2. The Labute approximate surface area is 98.6 Å². The molecule has 4 nitrogen and oxygen atoms in total. The van der Waals surface area contributed by atoms with E-state index in [1.807, 2.05) is 26.8 Å². The molecule has 0 fully saturated rings. The highest BCUT2D eigenvalue weighted by molar-refractivity contribution is 7.13. The van der Waals surface area contributed by atoms with E-state index in [0.29, 0.717) is 11.4 Å². The van der Waals surface area contributed by atoms with Crippen LogP contribution >= 0.6 is 11.3 Å². The van der Waals surface area contributed by atoms with Gasteiger partial charge in [0.25, 0.3) is 0 Å². The van der Waals surface area contributed by atoms with Crippen LogP contribution in [0.1, 0.15) is 35.3 Å². The Morgan fingerprint density at radius 3 is 2.69 bits per heavy atom. The van der Waals surface area contributed by atoms with Crippen LogP contribution in [0.15, 0.2) is 12.1 Å². The standard InChI is InChI=1S/C11H15NO3S/c1-11(2,3)15-10(14)12-6-8-4-5-9(7-13)16-8/h4-5,7H,6H2,1-3H3,(H,12,14). The number of alkyl carbamates (subject to hydrolysis) is 1. The molecule has 0 saturated carbocycles. The summed E-state index contributed by atoms with van der Waals surface area (Å²) < 4.78 is 5.08. The first-order valence-corrected chi connectivity index (χ1v) is 5.73. The molecule has 1 N–H and O–H groups in total. The van der Waals surface area contributed by atoms with Crippen molar-refractivity contribution < 1.29 is 14.3 Å². The van der Waals surface area contributed by atoms with Gasteiger partial charge in [-0.05, 0) is 32.9 Å². The maximum atomic E-state index is 11.3. The monoisotopic (exact) mass is 241 g/mol. The van der Waals surface area contributed by atoms with Gasteiger partial charge in [0.2, 0.25) is 0 Å². The lowest BCUT2D eigenvalue weighted by Crippen LogP contribution is -2.31. The van der Waals surface area contributed by atoms with E-state index in [2.05, 4.69) is 5.32 Å². The summed E-state index contributed by atoms with van der Waals surface area (Å²) in [5.41, 5.74) is -0.493. The topological polar surface area (TPSA) is 55.4 Å². The summed E-state index contributed by atoms with van der Waals surface area (Å²) in [6.45, 7) is 5.81. The van der Waals surface area contributed by atoms with Gasteiger partial charge in [-0.25, -0.2) is 4.79 Å². The average Bonchev–Trinajstić information content (AvgIpc) is 2.59. The van der Waals surface area contributed by atoms with Crippen LogP contribution in [-0.2, 0) is 11.3 Å². The Kier molecular flexibility index (Phi) is 4.06. The number of thiophene rings is 1. The fourth-order valence-corrected chi connectivity index (χ4v) is 1.79. The predicted molar refractivity (Wildman–Crippen MR) is 62.8 cm³/mol. The zero-order valence-electron chi connectivity index (χ0n) is 9.57. The van der Waals surface area contributed by atoms with Crippen molar-refractivity contribution in [3.05, 3.63) is 21.9 Å². The van der Waals surface area contributed by atoms with E-state index < -0.39 is 11.7 Å². The second kappa shape index (κ2) is 5.12. The van der Waals surface area contributed by atoms with Gasteiger partial charge >= 0.3 is 6.09 Å². The van der Waals surface area contributed by atoms with E-state index in [1.54, 1.807) is 6.07 Å². The summed E-state index contributed by atoms with van der Waals surface area (Å²) in [6, 6.07) is 3.54. The van der Waals surface area contributed by atoms with Crippen LogP contribution in [0.5, 0.6) is 0 Å². The lowest BCUT2D eigenvalue weighted by Gasteiger charge is -2.19. The van der Waals surface area contributed by atoms with Crippen LogP contribution in [0.3, 0.4) is 0 Å². The van der Waals surface area contributed by atoms with Crippen molar-refractivity contribution in [2.75, 3.05) is 0 Å². The van der Waals surface area contributed by atoms with Gasteiger partial charge in [0.05, 0.1) is 11.4 Å². The minimum absolute atomic E-state index is 0.382. The first-order valence-electron chi connectivity index (χ1n) is 4.91. The third kappa shape index (κ3) is 4.44. The molecule has 0 saturated heterocycles. The molecule has 1 rings (SSSR count). The van der Waals surface area contributed by atoms with Crippen molar-refractivity contribution in [3.63, 3.8) is 0 Å². The molecule has 0 aliphatic rings. The lowest BCUT2D eigenvalue weighted by atomic mass is 10.2. The molecule has 0 aliphatic carbocycles. The molecular weight excluding hydrogens is 226 g/mol. The number of carbonyl (C=O) groups excluding carboxylic acids is 2. The Hall–Kier alpha value is -1.36. The molecule has 0 aliphatic heterocycles. The van der Waals surface area contributed by atoms with E-state index in [4.69, 9.17) is 4.74 Å². The molecule has 5 heteroatoms. The lowest BCUT2D eigenvalue weighted by molar-refractivity contribution is 0.0524. The summed E-state index contributed by atoms with van der Waals surface area (Å²) in [4.78, 5) is 23.3. The first-order chi connectivity index (χ1) is 7.40. The third-order valence-corrected chi connectivity index (χ3v) is 2.62. The Balaban J connectivity index is 2.40. The summed E-state index contributed by atoms with van der Waals surface area (Å²) in [5, 5.41) is 2.63. The van der Waals surface area contributed by atoms with Gasteiger partial charge in [-0.2, -0.15) is 0 Å². The number of aldehydes is 1. The van der Waals surface area contributed by atoms with Gasteiger partial charge in [-0.15, -0.1) is 11.3 Å². The highest BCUT2D eigenvalue weighted by atomic mass is 32.1. The number of nitrogens with one attached hydrogen (secondary N) is 1. The van der Waals surface area contributed by atoms with Gasteiger partial charge < -0.3 is 10.1 Å². The van der Waals surface area contributed by atoms with Gasteiger partial charge in [0.1, 0.15) is 5.60 Å². The number of rotatable bonds is 3. The zero-order valence-corrected chi connectivity index (χ0v) is 10.4. The summed E-state index contributed by atoms with van der Waals surface area (Å²) in [6.07, 6.45) is 0.343. The fourth-order valence-electron chi connectivity index (χ4n) is 1.03. The van der Waals surface area contributed by atoms with E-state index in [1.165, 1.54) is 11.3 Å².